The van der Waals surface area contributed by atoms with E-state index < -0.39 is 48.3 Å². The predicted octanol–water partition coefficient (Wildman–Crippen LogP) is 0.490. The summed E-state index contributed by atoms with van der Waals surface area (Å²) < 4.78 is 71.4. The molecule has 2 heterocycles. The van der Waals surface area contributed by atoms with Gasteiger partial charge in [-0.3, -0.25) is 13.9 Å². The third-order valence-corrected chi connectivity index (χ3v) is 7.48. The van der Waals surface area contributed by atoms with E-state index in [1.165, 1.54) is 62.0 Å². The minimum Gasteiger partial charge on any atom is -0.353 e. The van der Waals surface area contributed by atoms with Crippen LogP contribution in [0.2, 0.25) is 0 Å². The molecule has 15 heteroatoms. The Bertz CT molecular complexity index is 1590. The normalized spacial score (nSPS) is 20.9. The van der Waals surface area contributed by atoms with Crippen LogP contribution in [0.25, 0.3) is 0 Å². The fourth-order valence-corrected chi connectivity index (χ4v) is 6.09. The molecule has 0 bridgehead atoms. The summed E-state index contributed by atoms with van der Waals surface area (Å²) in [5, 5.41) is -4.44. The highest BCUT2D eigenvalue weighted by Crippen LogP contribution is 2.36. The van der Waals surface area contributed by atoms with Crippen LogP contribution in [0, 0.1) is 0 Å². The van der Waals surface area contributed by atoms with Crippen molar-refractivity contribution in [1.82, 2.24) is 15.0 Å². The summed E-state index contributed by atoms with van der Waals surface area (Å²) in [6.45, 7) is 0. The summed E-state index contributed by atoms with van der Waals surface area (Å²) in [6, 6.07) is 8.42. The second-order valence-corrected chi connectivity index (χ2v) is 10.5. The highest BCUT2D eigenvalue weighted by Gasteiger charge is 2.53. The molecule has 35 heavy (non-hydrogen) atoms. The molecule has 0 spiro atoms. The topological polar surface area (TPSA) is 203 Å². The van der Waals surface area contributed by atoms with E-state index >= 15 is 0 Å². The molecule has 0 saturated carbocycles. The summed E-state index contributed by atoms with van der Waals surface area (Å²) in [5.74, 6) is -2.24. The molecule has 0 fully saturated rings. The third-order valence-electron chi connectivity index (χ3n) is 5.33. The maximum atomic E-state index is 13.1. The zero-order valence-corrected chi connectivity index (χ0v) is 19.5. The minimum absolute atomic E-state index is 0.0635. The Morgan fingerprint density at radius 3 is 2.23 bits per heavy atom. The number of aliphatic imine (C=N–C) groups is 1. The molecule has 182 valence electrons. The van der Waals surface area contributed by atoms with Crippen molar-refractivity contribution in [1.29, 1.82) is 0 Å². The molecule has 3 aromatic rings. The molecule has 4 N–H and O–H groups in total. The smallest absolute Gasteiger partial charge is 0.353 e. The van der Waals surface area contributed by atoms with E-state index in [0.717, 1.165) is 4.58 Å². The van der Waals surface area contributed by atoms with Crippen molar-refractivity contribution in [3.63, 3.8) is 0 Å². The van der Waals surface area contributed by atoms with Crippen molar-refractivity contribution >= 4 is 43.5 Å². The van der Waals surface area contributed by atoms with E-state index in [2.05, 4.69) is 19.9 Å². The van der Waals surface area contributed by atoms with Gasteiger partial charge in [0.2, 0.25) is 11.0 Å². The molecule has 0 aliphatic heterocycles. The molecule has 2 unspecified atom stereocenters. The van der Waals surface area contributed by atoms with Gasteiger partial charge in [-0.1, -0.05) is 18.2 Å². The Kier molecular flexibility index (Phi) is 6.10. The molecule has 2 amide bonds. The molecule has 0 radical (unpaired) electrons. The number of imidazole rings is 1. The van der Waals surface area contributed by atoms with E-state index in [0.29, 0.717) is 0 Å². The summed E-state index contributed by atoms with van der Waals surface area (Å²) >= 11 is 0. The van der Waals surface area contributed by atoms with Gasteiger partial charge in [0.1, 0.15) is 7.05 Å². The van der Waals surface area contributed by atoms with E-state index in [1.54, 1.807) is 0 Å². The number of rotatable bonds is 4. The summed E-state index contributed by atoms with van der Waals surface area (Å²) in [7, 11) is -9.16. The minimum atomic E-state index is -5.25. The number of carbonyl (C=O) groups excluding carboxylic acids is 2. The average Bonchev–Trinajstić information content (AvgIpc) is 3.50. The number of hydrogen-bond donors (Lipinski definition) is 4. The van der Waals surface area contributed by atoms with Gasteiger partial charge in [0, 0.05) is 24.2 Å². The molecule has 2 atom stereocenters. The lowest BCUT2D eigenvalue weighted by Gasteiger charge is -2.29. The Balaban J connectivity index is 2.11. The van der Waals surface area contributed by atoms with E-state index in [9.17, 15) is 35.5 Å². The zero-order valence-electron chi connectivity index (χ0n) is 17.9. The van der Waals surface area contributed by atoms with Gasteiger partial charge in [0.15, 0.2) is 16.8 Å². The quantitative estimate of drug-likeness (QED) is 0.279. The molecular formula is C20H18N5O8S2+. The number of hydrogen-bond acceptors (Lipinski definition) is 7. The van der Waals surface area contributed by atoms with Gasteiger partial charge in [0.25, 0.3) is 20.2 Å². The lowest BCUT2D eigenvalue weighted by molar-refractivity contribution is -0.394. The van der Waals surface area contributed by atoms with Crippen LogP contribution < -0.4 is 0 Å². The van der Waals surface area contributed by atoms with Gasteiger partial charge in [0.05, 0.1) is 5.71 Å². The summed E-state index contributed by atoms with van der Waals surface area (Å²) in [5.41, 5.74) is -1.44. The number of aromatic nitrogens is 3. The lowest BCUT2D eigenvalue weighted by atomic mass is 9.87. The van der Waals surface area contributed by atoms with E-state index in [-0.39, 0.29) is 28.4 Å². The van der Waals surface area contributed by atoms with Crippen LogP contribution in [-0.2, 0) is 20.2 Å². The average molecular weight is 521 g/mol. The van der Waals surface area contributed by atoms with Crippen LogP contribution in [0.3, 0.4) is 0 Å². The van der Waals surface area contributed by atoms with E-state index in [1.807, 2.05) is 0 Å². The highest BCUT2D eigenvalue weighted by molar-refractivity contribution is 7.89. The molecule has 1 aromatic carbocycles. The molecule has 1 aliphatic rings. The molecular weight excluding hydrogens is 502 g/mol. The summed E-state index contributed by atoms with van der Waals surface area (Å²) in [6.07, 6.45) is 3.96. The van der Waals surface area contributed by atoms with Crippen molar-refractivity contribution in [3.8, 4) is 0 Å². The van der Waals surface area contributed by atoms with Crippen molar-refractivity contribution in [3.05, 3.63) is 77.6 Å². The van der Waals surface area contributed by atoms with Crippen LogP contribution >= 0.6 is 0 Å². The molecule has 4 rings (SSSR count). The van der Waals surface area contributed by atoms with E-state index in [4.69, 9.17) is 0 Å². The second-order valence-electron chi connectivity index (χ2n) is 7.49. The van der Waals surface area contributed by atoms with Gasteiger partial charge < -0.3 is 9.97 Å². The first kappa shape index (κ1) is 24.3. The number of aromatic amines is 2. The van der Waals surface area contributed by atoms with Gasteiger partial charge in [-0.25, -0.2) is 14.8 Å². The molecule has 13 nitrogen and oxygen atoms in total. The SMILES string of the molecule is C[N+](C(=O)c1ccc[nH]1)=C1c2ccccc2C(S(=O)(=O)O)C(=NC(=O)c2ncc[nH]2)C1S(=O)(=O)O. The maximum absolute atomic E-state index is 13.1. The first-order valence-electron chi connectivity index (χ1n) is 9.83. The number of carbonyl (C=O) groups is 2. The van der Waals surface area contributed by atoms with Crippen LogP contribution in [0.4, 0.5) is 0 Å². The number of amides is 2. The highest BCUT2D eigenvalue weighted by atomic mass is 32.2. The third kappa shape index (κ3) is 4.49. The number of benzene rings is 1. The Hall–Kier alpha value is -3.79. The van der Waals surface area contributed by atoms with Gasteiger partial charge in [-0.2, -0.15) is 21.4 Å². The fourth-order valence-electron chi connectivity index (χ4n) is 3.92. The predicted molar refractivity (Wildman–Crippen MR) is 122 cm³/mol. The Morgan fingerprint density at radius 1 is 0.971 bits per heavy atom. The monoisotopic (exact) mass is 520 g/mol. The van der Waals surface area contributed by atoms with Crippen molar-refractivity contribution in [2.75, 3.05) is 7.05 Å². The number of nitrogens with zero attached hydrogens (tertiary/aromatic N) is 3. The molecule has 2 aromatic heterocycles. The first-order valence-corrected chi connectivity index (χ1v) is 12.8. The number of fused-ring (bicyclic) bond motifs is 1. The maximum Gasteiger partial charge on any atom is 0.435 e. The fraction of sp³-hybridized carbons (Fsp3) is 0.150. The lowest BCUT2D eigenvalue weighted by Crippen LogP contribution is -2.51. The van der Waals surface area contributed by atoms with Crippen molar-refractivity contribution in [2.24, 2.45) is 4.99 Å². The molecule has 1 aliphatic carbocycles. The van der Waals surface area contributed by atoms with Gasteiger partial charge in [-0.05, 0) is 23.8 Å². The first-order chi connectivity index (χ1) is 16.4. The second kappa shape index (κ2) is 8.77. The Morgan fingerprint density at radius 2 is 1.66 bits per heavy atom. The standard InChI is InChI=1S/C20H17N5O8S2/c1-25(20(27)13-7-4-8-21-13)15-11-5-2-3-6-12(11)16(34(28,29)30)14(17(15)35(31,32)33)24-19(26)18-22-9-10-23-18/h2-10,16-17H,1H3,(H3-,21,22,23,26,27,28,29,30,31,32,33)/p+1. The van der Waals surface area contributed by atoms with Crippen molar-refractivity contribution < 1.29 is 40.1 Å². The molecule has 0 saturated heterocycles. The largest absolute Gasteiger partial charge is 0.435 e. The van der Waals surface area contributed by atoms with Gasteiger partial charge in [-0.15, -0.1) is 0 Å². The summed E-state index contributed by atoms with van der Waals surface area (Å²) in [4.78, 5) is 38.3. The zero-order chi connectivity index (χ0) is 25.5. The van der Waals surface area contributed by atoms with Crippen LogP contribution in [0.1, 0.15) is 37.5 Å². The van der Waals surface area contributed by atoms with Crippen LogP contribution in [-0.4, -0.2) is 81.0 Å². The van der Waals surface area contributed by atoms with Crippen LogP contribution in [0.5, 0.6) is 0 Å². The van der Waals surface area contributed by atoms with Crippen LogP contribution in [0.15, 0.2) is 60.0 Å². The number of nitrogens with one attached hydrogen (secondary N) is 2. The van der Waals surface area contributed by atoms with Gasteiger partial charge >= 0.3 is 11.8 Å². The van der Waals surface area contributed by atoms with Crippen molar-refractivity contribution in [2.45, 2.75) is 10.5 Å². The number of H-pyrrole nitrogens is 2. The Labute approximate surface area is 198 Å².